The molecule has 1 unspecified atom stereocenters. The highest BCUT2D eigenvalue weighted by Gasteiger charge is 2.33. The highest BCUT2D eigenvalue weighted by Crippen LogP contribution is 2.29. The van der Waals surface area contributed by atoms with Gasteiger partial charge in [0.15, 0.2) is 0 Å². The van der Waals surface area contributed by atoms with Gasteiger partial charge in [0.25, 0.3) is 5.84 Å². The topological polar surface area (TPSA) is 49.3 Å². The van der Waals surface area contributed by atoms with Crippen molar-refractivity contribution in [1.29, 1.82) is 0 Å². The normalized spacial score (nSPS) is 24.0. The second kappa shape index (κ2) is 5.17. The summed E-state index contributed by atoms with van der Waals surface area (Å²) in [5.41, 5.74) is 9.71. The quantitative estimate of drug-likeness (QED) is 0.593. The van der Waals surface area contributed by atoms with E-state index in [-0.39, 0.29) is 5.41 Å². The standard InChI is InChI=1S/C16H24N2O/c1-8-13-11(3)12(4)18(15(13)19)14(17)9-10(2)16(5,6)7/h8-9,15,17,19H,1,4H2,2-3,5-7H3/p+1/b10-9+. The van der Waals surface area contributed by atoms with E-state index in [1.54, 1.807) is 10.7 Å². The Labute approximate surface area is 116 Å². The van der Waals surface area contributed by atoms with Gasteiger partial charge in [-0.3, -0.25) is 5.73 Å². The van der Waals surface area contributed by atoms with E-state index in [0.29, 0.717) is 5.84 Å². The first-order valence-electron chi connectivity index (χ1n) is 6.42. The zero-order valence-corrected chi connectivity index (χ0v) is 12.6. The Balaban J connectivity index is 3.28. The molecule has 1 aliphatic heterocycles. The van der Waals surface area contributed by atoms with Gasteiger partial charge in [-0.2, -0.15) is 4.58 Å². The largest absolute Gasteiger partial charge is 0.351 e. The third-order valence-corrected chi connectivity index (χ3v) is 3.72. The molecule has 0 saturated carbocycles. The lowest BCUT2D eigenvalue weighted by Crippen LogP contribution is -2.32. The lowest BCUT2D eigenvalue weighted by molar-refractivity contribution is -0.542. The van der Waals surface area contributed by atoms with Crippen molar-refractivity contribution in [3.63, 3.8) is 0 Å². The van der Waals surface area contributed by atoms with Crippen molar-refractivity contribution in [2.75, 3.05) is 0 Å². The molecule has 0 aliphatic carbocycles. The fraction of sp³-hybridized carbons (Fsp3) is 0.438. The maximum atomic E-state index is 10.3. The minimum absolute atomic E-state index is 0.0420. The van der Waals surface area contributed by atoms with Crippen LogP contribution in [0, 0.1) is 5.41 Å². The Kier molecular flexibility index (Phi) is 4.21. The van der Waals surface area contributed by atoms with E-state index < -0.39 is 6.23 Å². The summed E-state index contributed by atoms with van der Waals surface area (Å²) in [6.07, 6.45) is 2.75. The summed E-state index contributed by atoms with van der Waals surface area (Å²) in [7, 11) is 0. The molecule has 3 heteroatoms. The van der Waals surface area contributed by atoms with Gasteiger partial charge in [-0.25, -0.2) is 0 Å². The molecule has 0 fully saturated rings. The van der Waals surface area contributed by atoms with Crippen LogP contribution < -0.4 is 5.73 Å². The zero-order chi connectivity index (χ0) is 15.0. The lowest BCUT2D eigenvalue weighted by atomic mass is 9.87. The van der Waals surface area contributed by atoms with Crippen molar-refractivity contribution in [3.05, 3.63) is 47.7 Å². The van der Waals surface area contributed by atoms with Gasteiger partial charge in [-0.1, -0.05) is 45.6 Å². The van der Waals surface area contributed by atoms with Crippen LogP contribution in [-0.4, -0.2) is 21.7 Å². The van der Waals surface area contributed by atoms with E-state index >= 15 is 0 Å². The molecule has 0 saturated heterocycles. The number of nitrogens with two attached hydrogens (primary N) is 1. The van der Waals surface area contributed by atoms with Gasteiger partial charge in [-0.05, 0) is 19.3 Å². The summed E-state index contributed by atoms with van der Waals surface area (Å²) in [4.78, 5) is 0. The van der Waals surface area contributed by atoms with E-state index in [9.17, 15) is 5.11 Å². The predicted octanol–water partition coefficient (Wildman–Crippen LogP) is 2.70. The van der Waals surface area contributed by atoms with Crippen molar-refractivity contribution in [2.24, 2.45) is 11.1 Å². The monoisotopic (exact) mass is 261 g/mol. The van der Waals surface area contributed by atoms with Crippen LogP contribution in [0.4, 0.5) is 0 Å². The fourth-order valence-corrected chi connectivity index (χ4v) is 1.89. The predicted molar refractivity (Wildman–Crippen MR) is 80.7 cm³/mol. The van der Waals surface area contributed by atoms with Gasteiger partial charge in [0.1, 0.15) is 5.70 Å². The van der Waals surface area contributed by atoms with E-state index in [2.05, 4.69) is 33.9 Å². The van der Waals surface area contributed by atoms with Crippen LogP contribution >= 0.6 is 0 Å². The van der Waals surface area contributed by atoms with Crippen LogP contribution in [0.1, 0.15) is 34.6 Å². The summed E-state index contributed by atoms with van der Waals surface area (Å²) < 4.78 is 1.64. The van der Waals surface area contributed by atoms with Crippen molar-refractivity contribution in [3.8, 4) is 0 Å². The molecule has 1 rings (SSSR count). The molecular formula is C16H25N2O+. The van der Waals surface area contributed by atoms with Gasteiger partial charge in [0.05, 0.1) is 0 Å². The van der Waals surface area contributed by atoms with Crippen molar-refractivity contribution in [2.45, 2.75) is 40.8 Å². The number of amidine groups is 1. The van der Waals surface area contributed by atoms with Crippen LogP contribution in [0.2, 0.25) is 0 Å². The van der Waals surface area contributed by atoms with Crippen molar-refractivity contribution in [1.82, 2.24) is 0 Å². The Morgan fingerprint density at radius 2 is 1.95 bits per heavy atom. The van der Waals surface area contributed by atoms with Crippen LogP contribution in [0.5, 0.6) is 0 Å². The number of nitrogens with zero attached hydrogens (tertiary/aromatic N) is 1. The fourth-order valence-electron chi connectivity index (χ4n) is 1.89. The maximum Gasteiger partial charge on any atom is 0.275 e. The summed E-state index contributed by atoms with van der Waals surface area (Å²) in [6.45, 7) is 18.0. The second-order valence-corrected chi connectivity index (χ2v) is 5.98. The molecule has 0 bridgehead atoms. The number of rotatable bonds is 2. The SMILES string of the molecule is C=CC1=C(C)C(=C)/[N+](=C(N)/C=C(\C)C(C)(C)C)C1O. The molecule has 1 aliphatic rings. The molecule has 3 N–H and O–H groups in total. The average Bonchev–Trinajstić information content (AvgIpc) is 2.48. The first-order chi connectivity index (χ1) is 8.61. The van der Waals surface area contributed by atoms with Crippen LogP contribution in [0.25, 0.3) is 0 Å². The molecule has 19 heavy (non-hydrogen) atoms. The zero-order valence-electron chi connectivity index (χ0n) is 12.6. The van der Waals surface area contributed by atoms with Gasteiger partial charge in [0.2, 0.25) is 6.23 Å². The maximum absolute atomic E-state index is 10.3. The minimum atomic E-state index is -0.797. The van der Waals surface area contributed by atoms with Crippen molar-refractivity contribution < 1.29 is 9.68 Å². The first-order valence-corrected chi connectivity index (χ1v) is 6.42. The summed E-state index contributed by atoms with van der Waals surface area (Å²) in [5.74, 6) is 0.501. The van der Waals surface area contributed by atoms with Gasteiger partial charge in [0, 0.05) is 17.2 Å². The second-order valence-electron chi connectivity index (χ2n) is 5.98. The molecule has 104 valence electrons. The third kappa shape index (κ3) is 2.87. The van der Waals surface area contributed by atoms with Crippen molar-refractivity contribution >= 4 is 5.84 Å². The number of hydrogen-bond acceptors (Lipinski definition) is 1. The molecule has 0 radical (unpaired) electrons. The molecule has 0 aromatic rings. The van der Waals surface area contributed by atoms with Crippen LogP contribution in [0.15, 0.2) is 47.7 Å². The lowest BCUT2D eigenvalue weighted by Gasteiger charge is -2.19. The summed E-state index contributed by atoms with van der Waals surface area (Å²) in [6, 6.07) is 0. The van der Waals surface area contributed by atoms with Crippen LogP contribution in [-0.2, 0) is 0 Å². The Bertz CT molecular complexity index is 513. The van der Waals surface area contributed by atoms with Gasteiger partial charge in [-0.15, -0.1) is 0 Å². The Hall–Kier alpha value is -1.61. The Morgan fingerprint density at radius 1 is 1.42 bits per heavy atom. The Morgan fingerprint density at radius 3 is 2.32 bits per heavy atom. The molecule has 0 aromatic heterocycles. The number of aliphatic hydroxyl groups excluding tert-OH is 1. The molecular weight excluding hydrogens is 236 g/mol. The van der Waals surface area contributed by atoms with E-state index in [4.69, 9.17) is 5.73 Å². The van der Waals surface area contributed by atoms with E-state index in [1.165, 1.54) is 0 Å². The molecule has 0 amide bonds. The van der Waals surface area contributed by atoms with E-state index in [1.807, 2.05) is 19.9 Å². The van der Waals surface area contributed by atoms with E-state index in [0.717, 1.165) is 22.4 Å². The number of aliphatic hydroxyl groups is 1. The van der Waals surface area contributed by atoms with Crippen LogP contribution in [0.3, 0.4) is 0 Å². The van der Waals surface area contributed by atoms with Gasteiger partial charge >= 0.3 is 0 Å². The highest BCUT2D eigenvalue weighted by molar-refractivity contribution is 5.88. The molecule has 0 aromatic carbocycles. The summed E-state index contributed by atoms with van der Waals surface area (Å²) in [5, 5.41) is 10.3. The first kappa shape index (κ1) is 15.4. The number of allylic oxidation sites excluding steroid dienone is 2. The number of hydrogen-bond donors (Lipinski definition) is 2. The molecule has 3 nitrogen and oxygen atoms in total. The third-order valence-electron chi connectivity index (χ3n) is 3.72. The summed E-state index contributed by atoms with van der Waals surface area (Å²) >= 11 is 0. The minimum Gasteiger partial charge on any atom is -0.351 e. The molecule has 0 spiro atoms. The average molecular weight is 261 g/mol. The smallest absolute Gasteiger partial charge is 0.275 e. The highest BCUT2D eigenvalue weighted by atomic mass is 16.3. The molecule has 1 heterocycles. The molecule has 1 atom stereocenters. The van der Waals surface area contributed by atoms with Gasteiger partial charge < -0.3 is 5.11 Å².